The molecule has 0 amide bonds. The molecule has 2 heteroatoms. The van der Waals surface area contributed by atoms with E-state index >= 15 is 0 Å². The fourth-order valence-electron chi connectivity index (χ4n) is 1.23. The second-order valence-electron chi connectivity index (χ2n) is 2.93. The molecule has 0 bridgehead atoms. The maximum atomic E-state index is 5.28. The molecule has 1 aliphatic heterocycles. The summed E-state index contributed by atoms with van der Waals surface area (Å²) in [5.41, 5.74) is 0. The van der Waals surface area contributed by atoms with Gasteiger partial charge >= 0.3 is 0 Å². The van der Waals surface area contributed by atoms with Gasteiger partial charge in [0.15, 0.2) is 5.90 Å². The van der Waals surface area contributed by atoms with Crippen LogP contribution in [0.1, 0.15) is 39.0 Å². The maximum absolute atomic E-state index is 5.28. The summed E-state index contributed by atoms with van der Waals surface area (Å²) in [5, 5.41) is 0. The summed E-state index contributed by atoms with van der Waals surface area (Å²) in [6.07, 6.45) is 6.26. The van der Waals surface area contributed by atoms with E-state index in [0.29, 0.717) is 0 Å². The Kier molecular flexibility index (Phi) is 4.02. The van der Waals surface area contributed by atoms with E-state index in [-0.39, 0.29) is 0 Å². The highest BCUT2D eigenvalue weighted by Crippen LogP contribution is 2.06. The summed E-state index contributed by atoms with van der Waals surface area (Å²) in [4.78, 5) is 4.23. The largest absolute Gasteiger partial charge is 0.479 e. The number of ether oxygens (including phenoxy) is 1. The van der Waals surface area contributed by atoms with Gasteiger partial charge in [0.05, 0.1) is 6.54 Å². The molecule has 0 unspecified atom stereocenters. The van der Waals surface area contributed by atoms with Crippen LogP contribution in [-0.2, 0) is 4.74 Å². The van der Waals surface area contributed by atoms with Crippen molar-refractivity contribution in [3.8, 4) is 0 Å². The zero-order chi connectivity index (χ0) is 7.94. The van der Waals surface area contributed by atoms with Crippen LogP contribution in [0.3, 0.4) is 0 Å². The number of hydrogen-bond acceptors (Lipinski definition) is 2. The van der Waals surface area contributed by atoms with Gasteiger partial charge in [0.1, 0.15) is 6.61 Å². The van der Waals surface area contributed by atoms with Gasteiger partial charge in [-0.05, 0) is 6.42 Å². The molecule has 0 aromatic rings. The number of aliphatic imine (C=N–C) groups is 1. The van der Waals surface area contributed by atoms with E-state index in [2.05, 4.69) is 11.9 Å². The smallest absolute Gasteiger partial charge is 0.183 e. The molecule has 0 fully saturated rings. The first-order valence-corrected chi connectivity index (χ1v) is 4.59. The van der Waals surface area contributed by atoms with Crippen LogP contribution in [0.25, 0.3) is 0 Å². The van der Waals surface area contributed by atoms with Crippen LogP contribution in [0.5, 0.6) is 0 Å². The number of unbranched alkanes of at least 4 members (excludes halogenated alkanes) is 3. The molecule has 0 spiro atoms. The van der Waals surface area contributed by atoms with E-state index in [9.17, 15) is 0 Å². The lowest BCUT2D eigenvalue weighted by molar-refractivity contribution is 0.336. The standard InChI is InChI=1S/C9H17NO/c1-2-3-4-5-6-9-10-7-8-11-9/h2-8H2,1H3. The van der Waals surface area contributed by atoms with Gasteiger partial charge in [0.25, 0.3) is 0 Å². The minimum atomic E-state index is 0.809. The first-order chi connectivity index (χ1) is 5.43. The van der Waals surface area contributed by atoms with Gasteiger partial charge in [-0.2, -0.15) is 0 Å². The first kappa shape index (κ1) is 8.57. The monoisotopic (exact) mass is 155 g/mol. The Morgan fingerprint density at radius 3 is 2.91 bits per heavy atom. The Hall–Kier alpha value is -0.530. The molecule has 0 saturated carbocycles. The van der Waals surface area contributed by atoms with Crippen LogP contribution >= 0.6 is 0 Å². The Labute approximate surface area is 68.7 Å². The second-order valence-corrected chi connectivity index (χ2v) is 2.93. The topological polar surface area (TPSA) is 21.6 Å². The highest BCUT2D eigenvalue weighted by atomic mass is 16.5. The molecule has 0 N–H and O–H groups in total. The molecule has 1 heterocycles. The van der Waals surface area contributed by atoms with E-state index in [1.165, 1.54) is 25.7 Å². The molecule has 0 aromatic heterocycles. The van der Waals surface area contributed by atoms with Gasteiger partial charge < -0.3 is 4.74 Å². The lowest BCUT2D eigenvalue weighted by atomic mass is 10.1. The summed E-state index contributed by atoms with van der Waals surface area (Å²) in [6.45, 7) is 3.91. The Morgan fingerprint density at radius 2 is 2.27 bits per heavy atom. The van der Waals surface area contributed by atoms with Crippen molar-refractivity contribution < 1.29 is 4.74 Å². The van der Waals surface area contributed by atoms with Gasteiger partial charge in [0.2, 0.25) is 0 Å². The fourth-order valence-corrected chi connectivity index (χ4v) is 1.23. The number of hydrogen-bond donors (Lipinski definition) is 0. The van der Waals surface area contributed by atoms with Crippen LogP contribution in [0.15, 0.2) is 4.99 Å². The average Bonchev–Trinajstić information content (AvgIpc) is 2.50. The zero-order valence-corrected chi connectivity index (χ0v) is 7.31. The summed E-state index contributed by atoms with van der Waals surface area (Å²) in [5.74, 6) is 0.987. The van der Waals surface area contributed by atoms with Crippen molar-refractivity contribution >= 4 is 5.90 Å². The van der Waals surface area contributed by atoms with Crippen LogP contribution in [-0.4, -0.2) is 19.0 Å². The van der Waals surface area contributed by atoms with Gasteiger partial charge in [-0.15, -0.1) is 0 Å². The lowest BCUT2D eigenvalue weighted by Gasteiger charge is -1.99. The van der Waals surface area contributed by atoms with Crippen LogP contribution in [0.4, 0.5) is 0 Å². The zero-order valence-electron chi connectivity index (χ0n) is 7.31. The molecular weight excluding hydrogens is 138 g/mol. The first-order valence-electron chi connectivity index (χ1n) is 4.59. The molecule has 64 valence electrons. The van der Waals surface area contributed by atoms with E-state index in [1.807, 2.05) is 0 Å². The summed E-state index contributed by atoms with van der Waals surface area (Å²) < 4.78 is 5.28. The highest BCUT2D eigenvalue weighted by Gasteiger charge is 2.05. The van der Waals surface area contributed by atoms with Gasteiger partial charge in [0, 0.05) is 6.42 Å². The Morgan fingerprint density at radius 1 is 1.36 bits per heavy atom. The van der Waals surface area contributed by atoms with Crippen molar-refractivity contribution in [3.05, 3.63) is 0 Å². The summed E-state index contributed by atoms with van der Waals surface area (Å²) in [6, 6.07) is 0. The molecule has 11 heavy (non-hydrogen) atoms. The molecule has 2 nitrogen and oxygen atoms in total. The Bertz CT molecular complexity index is 132. The highest BCUT2D eigenvalue weighted by molar-refractivity contribution is 5.77. The number of rotatable bonds is 5. The molecule has 0 radical (unpaired) electrons. The molecular formula is C9H17NO. The van der Waals surface area contributed by atoms with Crippen molar-refractivity contribution in [3.63, 3.8) is 0 Å². The predicted molar refractivity (Wildman–Crippen MR) is 47.0 cm³/mol. The minimum Gasteiger partial charge on any atom is -0.479 e. The van der Waals surface area contributed by atoms with Gasteiger partial charge in [-0.3, -0.25) is 4.99 Å². The van der Waals surface area contributed by atoms with Gasteiger partial charge in [-0.1, -0.05) is 26.2 Å². The van der Waals surface area contributed by atoms with Crippen molar-refractivity contribution in [1.29, 1.82) is 0 Å². The summed E-state index contributed by atoms with van der Waals surface area (Å²) in [7, 11) is 0. The van der Waals surface area contributed by atoms with E-state index < -0.39 is 0 Å². The average molecular weight is 155 g/mol. The molecule has 0 atom stereocenters. The SMILES string of the molecule is CCCCCCC1=NCCO1. The van der Waals surface area contributed by atoms with E-state index in [4.69, 9.17) is 4.74 Å². The predicted octanol–water partition coefficient (Wildman–Crippen LogP) is 2.39. The van der Waals surface area contributed by atoms with Crippen molar-refractivity contribution in [2.45, 2.75) is 39.0 Å². The Balaban J connectivity index is 1.94. The fraction of sp³-hybridized carbons (Fsp3) is 0.889. The normalized spacial score (nSPS) is 16.3. The van der Waals surface area contributed by atoms with Crippen molar-refractivity contribution in [1.82, 2.24) is 0 Å². The quantitative estimate of drug-likeness (QED) is 0.558. The molecule has 1 rings (SSSR count). The lowest BCUT2D eigenvalue weighted by Crippen LogP contribution is -1.97. The van der Waals surface area contributed by atoms with E-state index in [1.54, 1.807) is 0 Å². The second kappa shape index (κ2) is 5.16. The minimum absolute atomic E-state index is 0.809. The van der Waals surface area contributed by atoms with Crippen LogP contribution < -0.4 is 0 Å². The van der Waals surface area contributed by atoms with Crippen LogP contribution in [0, 0.1) is 0 Å². The van der Waals surface area contributed by atoms with E-state index in [0.717, 1.165) is 25.5 Å². The van der Waals surface area contributed by atoms with Crippen molar-refractivity contribution in [2.24, 2.45) is 4.99 Å². The van der Waals surface area contributed by atoms with Gasteiger partial charge in [-0.25, -0.2) is 0 Å². The summed E-state index contributed by atoms with van der Waals surface area (Å²) >= 11 is 0. The maximum Gasteiger partial charge on any atom is 0.183 e. The van der Waals surface area contributed by atoms with Crippen LogP contribution in [0.2, 0.25) is 0 Å². The molecule has 0 aliphatic carbocycles. The third-order valence-electron chi connectivity index (χ3n) is 1.89. The molecule has 0 saturated heterocycles. The number of nitrogens with zero attached hydrogens (tertiary/aromatic N) is 1. The third kappa shape index (κ3) is 3.40. The third-order valence-corrected chi connectivity index (χ3v) is 1.89. The molecule has 0 aromatic carbocycles. The van der Waals surface area contributed by atoms with Crippen molar-refractivity contribution in [2.75, 3.05) is 13.2 Å². The molecule has 1 aliphatic rings.